The van der Waals surface area contributed by atoms with Crippen LogP contribution in [0.25, 0.3) is 0 Å². The van der Waals surface area contributed by atoms with Crippen molar-refractivity contribution in [2.45, 2.75) is 25.4 Å². The smallest absolute Gasteiger partial charge is 0.0574 e. The largest absolute Gasteiger partial charge is 0.381 e. The van der Waals surface area contributed by atoms with Crippen LogP contribution >= 0.6 is 0 Å². The van der Waals surface area contributed by atoms with Crippen molar-refractivity contribution in [3.63, 3.8) is 0 Å². The lowest BCUT2D eigenvalue weighted by Crippen LogP contribution is -2.27. The van der Waals surface area contributed by atoms with Crippen molar-refractivity contribution in [2.75, 3.05) is 27.2 Å². The fourth-order valence-electron chi connectivity index (χ4n) is 2.84. The number of hydrogen-bond acceptors (Lipinski definition) is 2. The first-order valence-electron chi connectivity index (χ1n) is 5.01. The molecule has 0 aromatic carbocycles. The van der Waals surface area contributed by atoms with Crippen molar-refractivity contribution in [3.05, 3.63) is 0 Å². The van der Waals surface area contributed by atoms with Crippen LogP contribution in [0.5, 0.6) is 0 Å². The van der Waals surface area contributed by atoms with Crippen molar-refractivity contribution in [2.24, 2.45) is 11.8 Å². The zero-order chi connectivity index (χ0) is 8.55. The quantitative estimate of drug-likeness (QED) is 0.587. The maximum absolute atomic E-state index is 5.42. The molecule has 0 amide bonds. The molecular weight excluding hydrogens is 150 g/mol. The number of ether oxygens (including phenoxy) is 1. The van der Waals surface area contributed by atoms with Gasteiger partial charge in [0.2, 0.25) is 0 Å². The van der Waals surface area contributed by atoms with Gasteiger partial charge in [-0.3, -0.25) is 0 Å². The summed E-state index contributed by atoms with van der Waals surface area (Å²) in [5, 5.41) is 0. The number of likely N-dealkylation sites (tertiary alicyclic amines) is 1. The first kappa shape index (κ1) is 8.52. The van der Waals surface area contributed by atoms with Crippen molar-refractivity contribution < 1.29 is 4.74 Å². The highest BCUT2D eigenvalue weighted by Crippen LogP contribution is 2.36. The molecule has 2 nitrogen and oxygen atoms in total. The Bertz CT molecular complexity index is 160. The monoisotopic (exact) mass is 169 g/mol. The Morgan fingerprint density at radius 1 is 1.17 bits per heavy atom. The van der Waals surface area contributed by atoms with E-state index >= 15 is 0 Å². The fraction of sp³-hybridized carbons (Fsp3) is 1.00. The molecule has 70 valence electrons. The highest BCUT2D eigenvalue weighted by molar-refractivity contribution is 4.88. The Hall–Kier alpha value is -0.0800. The Labute approximate surface area is 74.9 Å². The van der Waals surface area contributed by atoms with Gasteiger partial charge in [-0.15, -0.1) is 0 Å². The summed E-state index contributed by atoms with van der Waals surface area (Å²) in [7, 11) is 4.09. The van der Waals surface area contributed by atoms with E-state index in [2.05, 4.69) is 11.9 Å². The molecule has 2 fully saturated rings. The summed E-state index contributed by atoms with van der Waals surface area (Å²) in [6.07, 6.45) is 4.52. The van der Waals surface area contributed by atoms with Gasteiger partial charge in [-0.1, -0.05) is 0 Å². The molecule has 1 heterocycles. The van der Waals surface area contributed by atoms with E-state index in [0.717, 1.165) is 11.8 Å². The van der Waals surface area contributed by atoms with E-state index in [9.17, 15) is 0 Å². The van der Waals surface area contributed by atoms with E-state index in [1.165, 1.54) is 32.4 Å². The summed E-state index contributed by atoms with van der Waals surface area (Å²) in [5.74, 6) is 1.90. The van der Waals surface area contributed by atoms with Gasteiger partial charge in [-0.2, -0.15) is 0 Å². The normalized spacial score (nSPS) is 43.0. The van der Waals surface area contributed by atoms with Crippen LogP contribution in [0.4, 0.5) is 0 Å². The SMILES string of the molecule is CO[C@H]1CC[C@@H]2CN(C)CC2C1. The van der Waals surface area contributed by atoms with Crippen molar-refractivity contribution in [1.29, 1.82) is 0 Å². The number of rotatable bonds is 1. The Kier molecular flexibility index (Phi) is 2.37. The Morgan fingerprint density at radius 2 is 1.92 bits per heavy atom. The molecule has 3 atom stereocenters. The molecule has 1 unspecified atom stereocenters. The molecule has 2 aliphatic rings. The molecule has 0 aromatic heterocycles. The maximum Gasteiger partial charge on any atom is 0.0574 e. The van der Waals surface area contributed by atoms with E-state index in [1.54, 1.807) is 0 Å². The van der Waals surface area contributed by atoms with Gasteiger partial charge >= 0.3 is 0 Å². The topological polar surface area (TPSA) is 12.5 Å². The average Bonchev–Trinajstić information content (AvgIpc) is 2.43. The second-order valence-corrected chi connectivity index (χ2v) is 4.41. The van der Waals surface area contributed by atoms with Gasteiger partial charge in [0.1, 0.15) is 0 Å². The van der Waals surface area contributed by atoms with E-state index < -0.39 is 0 Å². The van der Waals surface area contributed by atoms with Gasteiger partial charge in [-0.05, 0) is 38.1 Å². The van der Waals surface area contributed by atoms with Gasteiger partial charge < -0.3 is 9.64 Å². The summed E-state index contributed by atoms with van der Waals surface area (Å²) in [4.78, 5) is 2.47. The Morgan fingerprint density at radius 3 is 2.67 bits per heavy atom. The van der Waals surface area contributed by atoms with Crippen LogP contribution in [0.3, 0.4) is 0 Å². The van der Waals surface area contributed by atoms with E-state index in [1.807, 2.05) is 7.11 Å². The zero-order valence-corrected chi connectivity index (χ0v) is 8.12. The lowest BCUT2D eigenvalue weighted by Gasteiger charge is -2.29. The molecule has 1 saturated heterocycles. The standard InChI is InChI=1S/C10H19NO/c1-11-6-8-3-4-10(12-2)5-9(8)7-11/h8-10H,3-7H2,1-2H3/t8-,9?,10+/m1/s1. The first-order chi connectivity index (χ1) is 5.79. The molecule has 0 bridgehead atoms. The molecule has 0 N–H and O–H groups in total. The van der Waals surface area contributed by atoms with Crippen LogP contribution in [0.15, 0.2) is 0 Å². The highest BCUT2D eigenvalue weighted by Gasteiger charge is 2.36. The number of nitrogens with zero attached hydrogens (tertiary/aromatic N) is 1. The van der Waals surface area contributed by atoms with Crippen LogP contribution in [-0.4, -0.2) is 38.3 Å². The van der Waals surface area contributed by atoms with Crippen LogP contribution in [0.2, 0.25) is 0 Å². The first-order valence-corrected chi connectivity index (χ1v) is 5.01. The van der Waals surface area contributed by atoms with E-state index in [0.29, 0.717) is 6.10 Å². The van der Waals surface area contributed by atoms with Gasteiger partial charge in [0.15, 0.2) is 0 Å². The summed E-state index contributed by atoms with van der Waals surface area (Å²) in [5.41, 5.74) is 0. The van der Waals surface area contributed by atoms with Gasteiger partial charge in [0.05, 0.1) is 6.10 Å². The van der Waals surface area contributed by atoms with Crippen molar-refractivity contribution in [3.8, 4) is 0 Å². The van der Waals surface area contributed by atoms with Gasteiger partial charge in [-0.25, -0.2) is 0 Å². The van der Waals surface area contributed by atoms with Crippen LogP contribution in [0, 0.1) is 11.8 Å². The van der Waals surface area contributed by atoms with Crippen molar-refractivity contribution >= 4 is 0 Å². The highest BCUT2D eigenvalue weighted by atomic mass is 16.5. The predicted octanol–water partition coefficient (Wildman–Crippen LogP) is 1.36. The predicted molar refractivity (Wildman–Crippen MR) is 49.1 cm³/mol. The summed E-state index contributed by atoms with van der Waals surface area (Å²) < 4.78 is 5.42. The van der Waals surface area contributed by atoms with Gasteiger partial charge in [0.25, 0.3) is 0 Å². The second-order valence-electron chi connectivity index (χ2n) is 4.41. The third-order valence-electron chi connectivity index (χ3n) is 3.52. The summed E-state index contributed by atoms with van der Waals surface area (Å²) >= 11 is 0. The lowest BCUT2D eigenvalue weighted by atomic mass is 9.80. The molecular formula is C10H19NO. The van der Waals surface area contributed by atoms with Crippen molar-refractivity contribution in [1.82, 2.24) is 4.90 Å². The molecule has 0 aromatic rings. The fourth-order valence-corrected chi connectivity index (χ4v) is 2.84. The van der Waals surface area contributed by atoms with Crippen LogP contribution in [-0.2, 0) is 4.74 Å². The molecule has 1 aliphatic heterocycles. The molecule has 0 radical (unpaired) electrons. The number of methoxy groups -OCH3 is 1. The van der Waals surface area contributed by atoms with Gasteiger partial charge in [0, 0.05) is 20.2 Å². The molecule has 2 heteroatoms. The van der Waals surface area contributed by atoms with Crippen LogP contribution < -0.4 is 0 Å². The molecule has 0 spiro atoms. The minimum absolute atomic E-state index is 0.553. The third kappa shape index (κ3) is 1.50. The average molecular weight is 169 g/mol. The summed E-state index contributed by atoms with van der Waals surface area (Å²) in [6, 6.07) is 0. The van der Waals surface area contributed by atoms with E-state index in [4.69, 9.17) is 4.74 Å². The number of fused-ring (bicyclic) bond motifs is 1. The number of hydrogen-bond donors (Lipinski definition) is 0. The molecule has 2 rings (SSSR count). The van der Waals surface area contributed by atoms with Crippen LogP contribution in [0.1, 0.15) is 19.3 Å². The minimum atomic E-state index is 0.553. The maximum atomic E-state index is 5.42. The molecule has 1 saturated carbocycles. The molecule has 12 heavy (non-hydrogen) atoms. The lowest BCUT2D eigenvalue weighted by molar-refractivity contribution is 0.0409. The zero-order valence-electron chi connectivity index (χ0n) is 8.12. The van der Waals surface area contributed by atoms with E-state index in [-0.39, 0.29) is 0 Å². The minimum Gasteiger partial charge on any atom is -0.381 e. The summed E-state index contributed by atoms with van der Waals surface area (Å²) in [6.45, 7) is 2.62. The second kappa shape index (κ2) is 3.35. The molecule has 1 aliphatic carbocycles. The third-order valence-corrected chi connectivity index (χ3v) is 3.52. The Balaban J connectivity index is 1.93.